The average Bonchev–Trinajstić information content (AvgIpc) is 3.21. The van der Waals surface area contributed by atoms with E-state index >= 15 is 0 Å². The monoisotopic (exact) mass is 427 g/mol. The topological polar surface area (TPSA) is 81.4 Å². The molecule has 0 bridgehead atoms. The van der Waals surface area contributed by atoms with Gasteiger partial charge in [0.1, 0.15) is 12.1 Å². The molecule has 0 aliphatic heterocycles. The zero-order valence-corrected chi connectivity index (χ0v) is 16.2. The summed E-state index contributed by atoms with van der Waals surface area (Å²) in [5.74, 6) is -0.547. The van der Waals surface area contributed by atoms with Crippen LogP contribution in [-0.4, -0.2) is 31.8 Å². The van der Waals surface area contributed by atoms with Crippen molar-refractivity contribution in [3.8, 4) is 17.0 Å². The van der Waals surface area contributed by atoms with Gasteiger partial charge in [0.05, 0.1) is 11.3 Å². The maximum absolute atomic E-state index is 12.8. The van der Waals surface area contributed by atoms with Crippen LogP contribution < -0.4 is 10.1 Å². The molecule has 2 heterocycles. The van der Waals surface area contributed by atoms with E-state index < -0.39 is 23.8 Å². The normalized spacial score (nSPS) is 12.5. The molecule has 0 fully saturated rings. The molecule has 0 aliphatic carbocycles. The van der Waals surface area contributed by atoms with Crippen LogP contribution in [0.15, 0.2) is 67.0 Å². The van der Waals surface area contributed by atoms with Crippen LogP contribution in [0, 0.1) is 0 Å². The Labute approximate surface area is 174 Å². The first-order chi connectivity index (χ1) is 14.8. The average molecular weight is 427 g/mol. The van der Waals surface area contributed by atoms with Crippen molar-refractivity contribution in [1.29, 1.82) is 0 Å². The van der Waals surface area contributed by atoms with Crippen molar-refractivity contribution in [3.63, 3.8) is 0 Å². The van der Waals surface area contributed by atoms with Gasteiger partial charge >= 0.3 is 6.18 Å². The van der Waals surface area contributed by atoms with Gasteiger partial charge in [-0.15, -0.1) is 10.2 Å². The molecular weight excluding hydrogens is 411 g/mol. The number of hydrogen-bond acceptors (Lipinski definition) is 5. The van der Waals surface area contributed by atoms with Gasteiger partial charge in [-0.2, -0.15) is 22.8 Å². The molecule has 2 aromatic carbocycles. The Balaban J connectivity index is 1.46. The Morgan fingerprint density at radius 1 is 1.10 bits per heavy atom. The quantitative estimate of drug-likeness (QED) is 0.516. The largest absolute Gasteiger partial charge is 0.481 e. The number of alkyl halides is 3. The van der Waals surface area contributed by atoms with E-state index in [-0.39, 0.29) is 5.75 Å². The van der Waals surface area contributed by atoms with Crippen LogP contribution in [0.25, 0.3) is 16.9 Å². The number of benzene rings is 2. The molecule has 31 heavy (non-hydrogen) atoms. The maximum Gasteiger partial charge on any atom is 0.416 e. The van der Waals surface area contributed by atoms with Crippen molar-refractivity contribution >= 4 is 17.2 Å². The minimum atomic E-state index is -4.49. The van der Waals surface area contributed by atoms with Gasteiger partial charge in [-0.25, -0.2) is 0 Å². The molecule has 0 spiro atoms. The van der Waals surface area contributed by atoms with Gasteiger partial charge < -0.3 is 10.1 Å². The van der Waals surface area contributed by atoms with E-state index in [2.05, 4.69) is 20.6 Å². The number of nitrogens with one attached hydrogen (secondary N) is 1. The van der Waals surface area contributed by atoms with E-state index in [4.69, 9.17) is 4.74 Å². The second-order valence-corrected chi connectivity index (χ2v) is 6.71. The van der Waals surface area contributed by atoms with Crippen LogP contribution >= 0.6 is 0 Å². The summed E-state index contributed by atoms with van der Waals surface area (Å²) >= 11 is 0. The molecule has 1 amide bonds. The Bertz CT molecular complexity index is 1240. The molecule has 0 saturated carbocycles. The molecule has 1 unspecified atom stereocenters. The second-order valence-electron chi connectivity index (χ2n) is 6.71. The number of carbonyl (C=O) groups excluding carboxylic acids is 1. The highest BCUT2D eigenvalue weighted by Crippen LogP contribution is 2.31. The number of ether oxygens (including phenoxy) is 1. The number of hydrogen-bond donors (Lipinski definition) is 1. The molecule has 158 valence electrons. The van der Waals surface area contributed by atoms with Crippen LogP contribution in [0.2, 0.25) is 0 Å². The third-order valence-corrected chi connectivity index (χ3v) is 4.43. The van der Waals surface area contributed by atoms with Gasteiger partial charge in [-0.3, -0.25) is 4.79 Å². The number of anilines is 1. The fourth-order valence-corrected chi connectivity index (χ4v) is 2.89. The Kier molecular flexibility index (Phi) is 5.28. The first-order valence-electron chi connectivity index (χ1n) is 9.22. The van der Waals surface area contributed by atoms with Crippen LogP contribution in [0.3, 0.4) is 0 Å². The fourth-order valence-electron chi connectivity index (χ4n) is 2.89. The Morgan fingerprint density at radius 2 is 1.90 bits per heavy atom. The molecular formula is C21H16F3N5O2. The molecule has 0 radical (unpaired) electrons. The van der Waals surface area contributed by atoms with Gasteiger partial charge in [-0.05, 0) is 49.4 Å². The van der Waals surface area contributed by atoms with E-state index in [9.17, 15) is 18.0 Å². The van der Waals surface area contributed by atoms with Crippen molar-refractivity contribution in [2.45, 2.75) is 19.2 Å². The molecule has 0 aliphatic rings. The van der Waals surface area contributed by atoms with Crippen LogP contribution in [0.4, 0.5) is 18.9 Å². The van der Waals surface area contributed by atoms with Crippen LogP contribution in [-0.2, 0) is 11.0 Å². The van der Waals surface area contributed by atoms with E-state index in [1.54, 1.807) is 30.3 Å². The Morgan fingerprint density at radius 3 is 2.71 bits per heavy atom. The summed E-state index contributed by atoms with van der Waals surface area (Å²) in [7, 11) is 0. The molecule has 1 N–H and O–H groups in total. The van der Waals surface area contributed by atoms with E-state index in [1.165, 1.54) is 29.9 Å². The lowest BCUT2D eigenvalue weighted by Crippen LogP contribution is -2.30. The third kappa shape index (κ3) is 4.63. The molecule has 4 aromatic rings. The zero-order valence-electron chi connectivity index (χ0n) is 16.2. The highest BCUT2D eigenvalue weighted by atomic mass is 19.4. The number of rotatable bonds is 5. The van der Waals surface area contributed by atoms with Gasteiger partial charge in [0.2, 0.25) is 0 Å². The number of amides is 1. The van der Waals surface area contributed by atoms with Crippen molar-refractivity contribution in [3.05, 3.63) is 72.6 Å². The molecule has 10 heteroatoms. The number of carbonyl (C=O) groups is 1. The van der Waals surface area contributed by atoms with E-state index in [0.29, 0.717) is 17.0 Å². The van der Waals surface area contributed by atoms with Crippen molar-refractivity contribution < 1.29 is 22.7 Å². The predicted molar refractivity (Wildman–Crippen MR) is 106 cm³/mol. The van der Waals surface area contributed by atoms with Crippen molar-refractivity contribution in [2.75, 3.05) is 5.32 Å². The third-order valence-electron chi connectivity index (χ3n) is 4.43. The summed E-state index contributed by atoms with van der Waals surface area (Å²) in [6.07, 6.45) is -4.02. The van der Waals surface area contributed by atoms with Gasteiger partial charge in [-0.1, -0.05) is 18.2 Å². The summed E-state index contributed by atoms with van der Waals surface area (Å²) < 4.78 is 45.5. The van der Waals surface area contributed by atoms with Crippen molar-refractivity contribution in [1.82, 2.24) is 19.8 Å². The predicted octanol–water partition coefficient (Wildman–Crippen LogP) is 4.22. The lowest BCUT2D eigenvalue weighted by atomic mass is 10.1. The minimum Gasteiger partial charge on any atom is -0.481 e. The van der Waals surface area contributed by atoms with Gasteiger partial charge in [0.25, 0.3) is 5.91 Å². The van der Waals surface area contributed by atoms with Gasteiger partial charge in [0.15, 0.2) is 11.8 Å². The molecule has 7 nitrogen and oxygen atoms in total. The van der Waals surface area contributed by atoms with Crippen LogP contribution in [0.1, 0.15) is 12.5 Å². The summed E-state index contributed by atoms with van der Waals surface area (Å²) in [5.41, 5.74) is 1.65. The first-order valence-corrected chi connectivity index (χ1v) is 9.22. The van der Waals surface area contributed by atoms with Gasteiger partial charge in [0, 0.05) is 11.3 Å². The lowest BCUT2D eigenvalue weighted by Gasteiger charge is -2.16. The van der Waals surface area contributed by atoms with Crippen molar-refractivity contribution in [2.24, 2.45) is 0 Å². The Hall–Kier alpha value is -3.95. The number of nitrogens with zero attached hydrogens (tertiary/aromatic N) is 4. The highest BCUT2D eigenvalue weighted by Gasteiger charge is 2.31. The molecule has 0 saturated heterocycles. The van der Waals surface area contributed by atoms with E-state index in [0.717, 1.165) is 17.7 Å². The molecule has 1 atom stereocenters. The minimum absolute atomic E-state index is 0.0438. The first kappa shape index (κ1) is 20.3. The number of fused-ring (bicyclic) bond motifs is 1. The summed E-state index contributed by atoms with van der Waals surface area (Å²) in [6.45, 7) is 1.46. The second kappa shape index (κ2) is 8.05. The zero-order chi connectivity index (χ0) is 22.0. The standard InChI is InChI=1S/C21H16F3N5O2/c1-13(31-17-7-3-5-15(11-17)21(22,23)24)20(30)26-16-6-2-4-14(10-16)18-8-9-19-27-25-12-29(19)28-18/h2-13H,1H3,(H,26,30). The molecule has 2 aromatic heterocycles. The highest BCUT2D eigenvalue weighted by molar-refractivity contribution is 5.94. The summed E-state index contributed by atoms with van der Waals surface area (Å²) in [4.78, 5) is 12.5. The lowest BCUT2D eigenvalue weighted by molar-refractivity contribution is -0.137. The smallest absolute Gasteiger partial charge is 0.416 e. The van der Waals surface area contributed by atoms with Crippen LogP contribution in [0.5, 0.6) is 5.75 Å². The maximum atomic E-state index is 12.8. The SMILES string of the molecule is CC(Oc1cccc(C(F)(F)F)c1)C(=O)Nc1cccc(-c2ccc3nncn3n2)c1. The summed E-state index contributed by atoms with van der Waals surface area (Å²) in [5, 5.41) is 14.8. The number of aromatic nitrogens is 4. The molecule has 4 rings (SSSR count). The number of halogens is 3. The summed E-state index contributed by atoms with van der Waals surface area (Å²) in [6, 6.07) is 14.9. The van der Waals surface area contributed by atoms with E-state index in [1.807, 2.05) is 6.07 Å². The fraction of sp³-hybridized carbons (Fsp3) is 0.143.